The van der Waals surface area contributed by atoms with Crippen molar-refractivity contribution >= 4 is 46.3 Å². The van der Waals surface area contributed by atoms with Crippen molar-refractivity contribution in [2.24, 2.45) is 0 Å². The highest BCUT2D eigenvalue weighted by Crippen LogP contribution is 2.46. The minimum Gasteiger partial charge on any atom is -0.506 e. The molecule has 0 aliphatic carbocycles. The Morgan fingerprint density at radius 3 is 2.12 bits per heavy atom. The maximum absolute atomic E-state index is 13.3. The predicted molar refractivity (Wildman–Crippen MR) is 129 cm³/mol. The summed E-state index contributed by atoms with van der Waals surface area (Å²) in [6.45, 7) is 0. The van der Waals surface area contributed by atoms with Crippen LogP contribution in [0.4, 0.5) is 5.69 Å². The van der Waals surface area contributed by atoms with Crippen molar-refractivity contribution < 1.29 is 29.3 Å². The van der Waals surface area contributed by atoms with E-state index >= 15 is 0 Å². The summed E-state index contributed by atoms with van der Waals surface area (Å²) in [5.41, 5.74) is 0.708. The first-order valence-corrected chi connectivity index (χ1v) is 10.8. The summed E-state index contributed by atoms with van der Waals surface area (Å²) >= 11 is 12.2. The summed E-state index contributed by atoms with van der Waals surface area (Å²) in [5, 5.41) is 21.8. The van der Waals surface area contributed by atoms with Crippen LogP contribution in [0.25, 0.3) is 5.76 Å². The Bertz CT molecular complexity index is 1300. The number of hydrogen-bond donors (Lipinski definition) is 2. The van der Waals surface area contributed by atoms with E-state index in [1.165, 1.54) is 37.3 Å². The number of aromatic hydroxyl groups is 1. The van der Waals surface area contributed by atoms with E-state index in [1.54, 1.807) is 42.5 Å². The van der Waals surface area contributed by atoms with E-state index in [1.807, 2.05) is 0 Å². The monoisotopic (exact) mass is 499 g/mol. The number of carbonyl (C=O) groups is 2. The molecule has 1 aliphatic rings. The van der Waals surface area contributed by atoms with Crippen LogP contribution in [0.15, 0.2) is 66.2 Å². The first-order chi connectivity index (χ1) is 16.3. The SMILES string of the molecule is COc1cccc(OC)c1/C(O)=C1\C(=O)C(=O)N(c2ccc(Cl)cc2)C1c1ccc(O)c(Cl)c1. The molecule has 3 aromatic carbocycles. The highest BCUT2D eigenvalue weighted by Gasteiger charge is 2.47. The molecule has 0 bridgehead atoms. The normalized spacial score (nSPS) is 17.2. The Labute approximate surface area is 205 Å². The van der Waals surface area contributed by atoms with Gasteiger partial charge in [0, 0.05) is 10.7 Å². The van der Waals surface area contributed by atoms with Gasteiger partial charge in [-0.05, 0) is 54.1 Å². The number of benzene rings is 3. The lowest BCUT2D eigenvalue weighted by Gasteiger charge is -2.26. The number of nitrogens with zero attached hydrogens (tertiary/aromatic N) is 1. The van der Waals surface area contributed by atoms with E-state index < -0.39 is 23.5 Å². The highest BCUT2D eigenvalue weighted by atomic mass is 35.5. The van der Waals surface area contributed by atoms with Gasteiger partial charge in [0.15, 0.2) is 0 Å². The number of phenolic OH excluding ortho intramolecular Hbond substituents is 1. The zero-order valence-corrected chi connectivity index (χ0v) is 19.6. The second-order valence-electron chi connectivity index (χ2n) is 7.39. The van der Waals surface area contributed by atoms with Crippen LogP contribution in [0.1, 0.15) is 17.2 Å². The van der Waals surface area contributed by atoms with Gasteiger partial charge >= 0.3 is 0 Å². The smallest absolute Gasteiger partial charge is 0.300 e. The fraction of sp³-hybridized carbons (Fsp3) is 0.120. The number of Topliss-reactive ketones (excluding diaryl/α,β-unsaturated/α-hetero) is 1. The van der Waals surface area contributed by atoms with Crippen molar-refractivity contribution in [1.82, 2.24) is 0 Å². The second kappa shape index (κ2) is 9.29. The maximum atomic E-state index is 13.3. The molecule has 4 rings (SSSR count). The first-order valence-electron chi connectivity index (χ1n) is 10.0. The lowest BCUT2D eigenvalue weighted by Crippen LogP contribution is -2.29. The number of rotatable bonds is 5. The van der Waals surface area contributed by atoms with Crippen LogP contribution in [-0.4, -0.2) is 36.1 Å². The molecule has 1 fully saturated rings. The predicted octanol–water partition coefficient (Wildman–Crippen LogP) is 5.34. The Balaban J connectivity index is 2.02. The second-order valence-corrected chi connectivity index (χ2v) is 8.24. The molecule has 1 amide bonds. The molecule has 1 saturated heterocycles. The van der Waals surface area contributed by atoms with Crippen molar-refractivity contribution in [2.45, 2.75) is 6.04 Å². The lowest BCUT2D eigenvalue weighted by atomic mass is 9.94. The average molecular weight is 500 g/mol. The lowest BCUT2D eigenvalue weighted by molar-refractivity contribution is -0.132. The van der Waals surface area contributed by atoms with E-state index in [4.69, 9.17) is 32.7 Å². The third-order valence-corrected chi connectivity index (χ3v) is 6.06. The molecule has 1 aliphatic heterocycles. The minimum absolute atomic E-state index is 0.0223. The number of ether oxygens (including phenoxy) is 2. The summed E-state index contributed by atoms with van der Waals surface area (Å²) < 4.78 is 10.8. The van der Waals surface area contributed by atoms with E-state index in [-0.39, 0.29) is 33.4 Å². The number of phenols is 1. The average Bonchev–Trinajstić information content (AvgIpc) is 3.10. The number of carbonyl (C=O) groups excluding carboxylic acids is 2. The van der Waals surface area contributed by atoms with Crippen LogP contribution >= 0.6 is 23.2 Å². The van der Waals surface area contributed by atoms with Crippen LogP contribution in [0.2, 0.25) is 10.0 Å². The minimum atomic E-state index is -1.06. The van der Waals surface area contributed by atoms with Gasteiger partial charge in [0.05, 0.1) is 30.9 Å². The number of methoxy groups -OCH3 is 2. The highest BCUT2D eigenvalue weighted by molar-refractivity contribution is 6.52. The number of aliphatic hydroxyl groups excluding tert-OH is 1. The van der Waals surface area contributed by atoms with E-state index in [2.05, 4.69) is 0 Å². The quantitative estimate of drug-likeness (QED) is 0.279. The molecule has 7 nitrogen and oxygen atoms in total. The molecule has 34 heavy (non-hydrogen) atoms. The van der Waals surface area contributed by atoms with Gasteiger partial charge in [-0.3, -0.25) is 14.5 Å². The molecule has 2 N–H and O–H groups in total. The van der Waals surface area contributed by atoms with Gasteiger partial charge in [0.25, 0.3) is 11.7 Å². The van der Waals surface area contributed by atoms with Gasteiger partial charge in [-0.1, -0.05) is 35.3 Å². The fourth-order valence-electron chi connectivity index (χ4n) is 3.93. The molecule has 0 saturated carbocycles. The maximum Gasteiger partial charge on any atom is 0.300 e. The number of hydrogen-bond acceptors (Lipinski definition) is 6. The zero-order valence-electron chi connectivity index (χ0n) is 18.1. The topological polar surface area (TPSA) is 96.3 Å². The zero-order chi connectivity index (χ0) is 24.6. The summed E-state index contributed by atoms with van der Waals surface area (Å²) in [6, 6.07) is 14.4. The number of halogens is 2. The molecule has 0 spiro atoms. The summed E-state index contributed by atoms with van der Waals surface area (Å²) in [4.78, 5) is 27.8. The van der Waals surface area contributed by atoms with Crippen LogP contribution in [0.5, 0.6) is 17.2 Å². The Hall–Kier alpha value is -3.68. The van der Waals surface area contributed by atoms with Crippen molar-refractivity contribution in [1.29, 1.82) is 0 Å². The van der Waals surface area contributed by atoms with Gasteiger partial charge in [-0.2, -0.15) is 0 Å². The fourth-order valence-corrected chi connectivity index (χ4v) is 4.24. The van der Waals surface area contributed by atoms with E-state index in [9.17, 15) is 19.8 Å². The summed E-state index contributed by atoms with van der Waals surface area (Å²) in [7, 11) is 2.82. The molecule has 174 valence electrons. The van der Waals surface area contributed by atoms with Crippen LogP contribution in [0, 0.1) is 0 Å². The molecule has 0 aromatic heterocycles. The Morgan fingerprint density at radius 2 is 1.56 bits per heavy atom. The third-order valence-electron chi connectivity index (χ3n) is 5.50. The van der Waals surface area contributed by atoms with E-state index in [0.29, 0.717) is 16.3 Å². The van der Waals surface area contributed by atoms with Crippen molar-refractivity contribution in [3.8, 4) is 17.2 Å². The first kappa shape index (κ1) is 23.5. The van der Waals surface area contributed by atoms with Gasteiger partial charge in [-0.25, -0.2) is 0 Å². The molecule has 1 atom stereocenters. The van der Waals surface area contributed by atoms with Gasteiger partial charge in [0.1, 0.15) is 28.6 Å². The standard InChI is InChI=1S/C25H19Cl2NO6/c1-33-18-4-3-5-19(34-2)20(18)23(30)21-22(13-6-11-17(29)16(27)12-13)28(25(32)24(21)31)15-9-7-14(26)8-10-15/h3-12,22,29-30H,1-2H3/b23-21+. The van der Waals surface area contributed by atoms with E-state index in [0.717, 1.165) is 0 Å². The van der Waals surface area contributed by atoms with Gasteiger partial charge in [0.2, 0.25) is 0 Å². The summed E-state index contributed by atoms with van der Waals surface area (Å²) in [6.07, 6.45) is 0. The van der Waals surface area contributed by atoms with Gasteiger partial charge in [-0.15, -0.1) is 0 Å². The molecular formula is C25H19Cl2NO6. The van der Waals surface area contributed by atoms with Crippen LogP contribution < -0.4 is 14.4 Å². The number of anilines is 1. The Morgan fingerprint density at radius 1 is 0.941 bits per heavy atom. The molecule has 9 heteroatoms. The van der Waals surface area contributed by atoms with Crippen LogP contribution in [0.3, 0.4) is 0 Å². The van der Waals surface area contributed by atoms with Crippen molar-refractivity contribution in [3.63, 3.8) is 0 Å². The third kappa shape index (κ3) is 3.93. The van der Waals surface area contributed by atoms with Gasteiger partial charge < -0.3 is 19.7 Å². The number of ketones is 1. The Kier molecular flexibility index (Phi) is 6.41. The number of amides is 1. The number of aliphatic hydroxyl groups is 1. The molecule has 1 unspecified atom stereocenters. The molecule has 0 radical (unpaired) electrons. The summed E-state index contributed by atoms with van der Waals surface area (Å²) in [5.74, 6) is -1.91. The van der Waals surface area contributed by atoms with Crippen molar-refractivity contribution in [3.05, 3.63) is 87.4 Å². The molecular weight excluding hydrogens is 481 g/mol. The molecule has 1 heterocycles. The largest absolute Gasteiger partial charge is 0.506 e. The van der Waals surface area contributed by atoms with Crippen molar-refractivity contribution in [2.75, 3.05) is 19.1 Å². The van der Waals surface area contributed by atoms with Crippen LogP contribution in [-0.2, 0) is 9.59 Å². The molecule has 3 aromatic rings.